The molecule has 0 saturated carbocycles. The zero-order valence-electron chi connectivity index (χ0n) is 15.6. The lowest BCUT2D eigenvalue weighted by atomic mass is 10.1. The number of pyridine rings is 1. The van der Waals surface area contributed by atoms with Gasteiger partial charge in [-0.25, -0.2) is 9.97 Å². The van der Waals surface area contributed by atoms with Crippen molar-refractivity contribution < 1.29 is 4.52 Å². The van der Waals surface area contributed by atoms with Crippen molar-refractivity contribution in [3.05, 3.63) is 81.1 Å². The van der Waals surface area contributed by atoms with E-state index in [0.717, 1.165) is 5.56 Å². The maximum atomic E-state index is 12.8. The number of fused-ring (bicyclic) bond motifs is 1. The first-order valence-corrected chi connectivity index (χ1v) is 11.2. The van der Waals surface area contributed by atoms with Crippen LogP contribution >= 0.6 is 31.4 Å². The van der Waals surface area contributed by atoms with E-state index < -0.39 is 8.15 Å². The molecule has 0 saturated heterocycles. The Kier molecular flexibility index (Phi) is 5.66. The lowest BCUT2D eigenvalue weighted by Crippen LogP contribution is -2.23. The molecule has 0 spiro atoms. The average Bonchev–Trinajstić information content (AvgIpc) is 2.73. The van der Waals surface area contributed by atoms with Crippen LogP contribution in [0.5, 0.6) is 0 Å². The van der Waals surface area contributed by atoms with Crippen LogP contribution in [0.1, 0.15) is 0 Å². The largest absolute Gasteiger partial charge is 0.355 e. The summed E-state index contributed by atoms with van der Waals surface area (Å²) in [6.45, 7) is 1.91. The molecular weight excluding hydrogens is 428 g/mol. The van der Waals surface area contributed by atoms with Gasteiger partial charge in [-0.2, -0.15) is 0 Å². The molecule has 0 aliphatic carbocycles. The first-order valence-electron chi connectivity index (χ1n) is 8.72. The maximum Gasteiger partial charge on any atom is 0.256 e. The number of halogens is 2. The van der Waals surface area contributed by atoms with Crippen LogP contribution in [-0.4, -0.2) is 28.3 Å². The fourth-order valence-electron chi connectivity index (χ4n) is 3.05. The molecule has 2 aromatic carbocycles. The van der Waals surface area contributed by atoms with Crippen LogP contribution in [0.25, 0.3) is 28.0 Å². The van der Waals surface area contributed by atoms with Crippen LogP contribution in [0, 0.1) is 0 Å². The molecule has 5 nitrogen and oxygen atoms in total. The van der Waals surface area contributed by atoms with Gasteiger partial charge in [0.2, 0.25) is 0 Å². The van der Waals surface area contributed by atoms with Gasteiger partial charge in [-0.15, -0.1) is 0 Å². The summed E-state index contributed by atoms with van der Waals surface area (Å²) in [5.41, 5.74) is 2.68. The van der Waals surface area contributed by atoms with Gasteiger partial charge in [0.1, 0.15) is 0 Å². The van der Waals surface area contributed by atoms with Crippen molar-refractivity contribution in [1.82, 2.24) is 14.5 Å². The number of rotatable bonds is 4. The van der Waals surface area contributed by atoms with Crippen molar-refractivity contribution in [2.24, 2.45) is 0 Å². The monoisotopic (exact) mass is 443 g/mol. The summed E-state index contributed by atoms with van der Waals surface area (Å²) in [6, 6.07) is 17.8. The van der Waals surface area contributed by atoms with Crippen LogP contribution in [0.15, 0.2) is 65.5 Å². The van der Waals surface area contributed by atoms with Gasteiger partial charge in [-0.3, -0.25) is 9.36 Å². The Balaban J connectivity index is 2.16. The van der Waals surface area contributed by atoms with Crippen molar-refractivity contribution in [2.75, 3.05) is 13.8 Å². The third-order valence-corrected chi connectivity index (χ3v) is 6.48. The Morgan fingerprint density at radius 3 is 2.31 bits per heavy atom. The molecule has 0 amide bonds. The Hall–Kier alpha value is -2.30. The summed E-state index contributed by atoms with van der Waals surface area (Å²) >= 11 is 12.9. The Morgan fingerprint density at radius 2 is 1.62 bits per heavy atom. The van der Waals surface area contributed by atoms with Gasteiger partial charge in [0.05, 0.1) is 24.6 Å². The normalized spacial score (nSPS) is 12.3. The fraction of sp³-hybridized carbons (Fsp3) is 0.0952. The van der Waals surface area contributed by atoms with Crippen LogP contribution < -0.4 is 11.1 Å². The summed E-state index contributed by atoms with van der Waals surface area (Å²) in [7, 11) is 0.537. The number of aromatic nitrogens is 3. The molecule has 29 heavy (non-hydrogen) atoms. The minimum atomic E-state index is -1.08. The molecule has 1 atom stereocenters. The van der Waals surface area contributed by atoms with Gasteiger partial charge < -0.3 is 4.52 Å². The van der Waals surface area contributed by atoms with Crippen LogP contribution in [0.3, 0.4) is 0 Å². The molecule has 0 bridgehead atoms. The van der Waals surface area contributed by atoms with E-state index in [1.807, 2.05) is 37.0 Å². The second-order valence-corrected chi connectivity index (χ2v) is 8.80. The zero-order chi connectivity index (χ0) is 20.5. The predicted molar refractivity (Wildman–Crippen MR) is 120 cm³/mol. The van der Waals surface area contributed by atoms with Crippen molar-refractivity contribution in [1.29, 1.82) is 0 Å². The van der Waals surface area contributed by atoms with Crippen LogP contribution in [0.4, 0.5) is 0 Å². The Labute approximate surface area is 178 Å². The van der Waals surface area contributed by atoms with E-state index in [4.69, 9.17) is 37.7 Å². The van der Waals surface area contributed by atoms with E-state index in [1.165, 1.54) is 10.6 Å². The van der Waals surface area contributed by atoms with Crippen molar-refractivity contribution >= 4 is 47.9 Å². The second kappa shape index (κ2) is 8.21. The summed E-state index contributed by atoms with van der Waals surface area (Å²) in [6.07, 6.45) is 0. The molecule has 4 rings (SSSR count). The van der Waals surface area contributed by atoms with E-state index in [2.05, 4.69) is 0 Å². The molecule has 0 fully saturated rings. The first-order chi connectivity index (χ1) is 14.0. The lowest BCUT2D eigenvalue weighted by molar-refractivity contribution is 0.470. The molecule has 146 valence electrons. The standard InChI is InChI=1S/C21H16Cl2N3O2P/c1-28-29(2)21-24-19(13-7-3-4-8-15(13)22)14-11-12-18(27)26(20(14)25-21)17-10-6-5-9-16(17)23/h3-12H,1-2H3. The number of nitrogens with zero attached hydrogens (tertiary/aromatic N) is 3. The number of hydrogen-bond acceptors (Lipinski definition) is 4. The van der Waals surface area contributed by atoms with Gasteiger partial charge in [0.25, 0.3) is 5.56 Å². The summed E-state index contributed by atoms with van der Waals surface area (Å²) in [5.74, 6) is 0. The van der Waals surface area contributed by atoms with Crippen molar-refractivity contribution in [2.45, 2.75) is 0 Å². The molecule has 2 aromatic heterocycles. The molecule has 0 radical (unpaired) electrons. The Morgan fingerprint density at radius 1 is 0.931 bits per heavy atom. The highest BCUT2D eigenvalue weighted by atomic mass is 35.5. The highest BCUT2D eigenvalue weighted by Crippen LogP contribution is 2.34. The fourth-order valence-corrected chi connectivity index (χ4v) is 4.14. The van der Waals surface area contributed by atoms with E-state index in [9.17, 15) is 4.79 Å². The molecule has 4 aromatic rings. The van der Waals surface area contributed by atoms with E-state index in [0.29, 0.717) is 38.0 Å². The third kappa shape index (κ3) is 3.67. The average molecular weight is 444 g/mol. The summed E-state index contributed by atoms with van der Waals surface area (Å²) in [4.78, 5) is 22.3. The summed E-state index contributed by atoms with van der Waals surface area (Å²) < 4.78 is 7.00. The van der Waals surface area contributed by atoms with Gasteiger partial charge in [0.15, 0.2) is 11.2 Å². The van der Waals surface area contributed by atoms with E-state index in [-0.39, 0.29) is 5.56 Å². The highest BCUT2D eigenvalue weighted by molar-refractivity contribution is 7.59. The molecule has 1 unspecified atom stereocenters. The number of benzene rings is 2. The molecule has 0 aliphatic heterocycles. The van der Waals surface area contributed by atoms with E-state index >= 15 is 0 Å². The topological polar surface area (TPSA) is 57.0 Å². The van der Waals surface area contributed by atoms with Crippen LogP contribution in [-0.2, 0) is 4.52 Å². The molecule has 2 heterocycles. The van der Waals surface area contributed by atoms with Gasteiger partial charge in [0, 0.05) is 29.1 Å². The molecule has 0 N–H and O–H groups in total. The minimum Gasteiger partial charge on any atom is -0.355 e. The van der Waals surface area contributed by atoms with Crippen molar-refractivity contribution in [3.63, 3.8) is 0 Å². The number of para-hydroxylation sites is 1. The second-order valence-electron chi connectivity index (χ2n) is 6.23. The lowest BCUT2D eigenvalue weighted by Gasteiger charge is -2.16. The SMILES string of the molecule is COP(C)c1nc(-c2ccccc2Cl)c2ccc(=O)n(-c3ccccc3Cl)c2n1. The van der Waals surface area contributed by atoms with Gasteiger partial charge >= 0.3 is 0 Å². The van der Waals surface area contributed by atoms with Gasteiger partial charge in [-0.1, -0.05) is 53.5 Å². The molecular formula is C21H16Cl2N3O2P. The quantitative estimate of drug-likeness (QED) is 0.414. The van der Waals surface area contributed by atoms with Crippen molar-refractivity contribution in [3.8, 4) is 16.9 Å². The Bertz CT molecular complexity index is 1280. The minimum absolute atomic E-state index is 0.238. The van der Waals surface area contributed by atoms with E-state index in [1.54, 1.807) is 31.4 Å². The predicted octanol–water partition coefficient (Wildman–Crippen LogP) is 5.05. The first kappa shape index (κ1) is 20.0. The third-order valence-electron chi connectivity index (χ3n) is 4.52. The zero-order valence-corrected chi connectivity index (χ0v) is 18.0. The highest BCUT2D eigenvalue weighted by Gasteiger charge is 2.19. The molecule has 0 aliphatic rings. The van der Waals surface area contributed by atoms with Gasteiger partial charge in [-0.05, 0) is 30.9 Å². The molecule has 8 heteroatoms. The smallest absolute Gasteiger partial charge is 0.256 e. The summed E-state index contributed by atoms with van der Waals surface area (Å²) in [5, 5.41) is 1.71. The number of hydrogen-bond donors (Lipinski definition) is 0. The maximum absolute atomic E-state index is 12.8. The van der Waals surface area contributed by atoms with Crippen LogP contribution in [0.2, 0.25) is 10.0 Å².